The van der Waals surface area contributed by atoms with Gasteiger partial charge in [-0.1, -0.05) is 86.3 Å². The Labute approximate surface area is 267 Å². The van der Waals surface area contributed by atoms with Crippen LogP contribution in [0.4, 0.5) is 0 Å². The third-order valence-corrected chi connectivity index (χ3v) is 8.13. The topological polar surface area (TPSA) is 66.6 Å². The van der Waals surface area contributed by atoms with Crippen LogP contribution in [0.25, 0.3) is 0 Å². The van der Waals surface area contributed by atoms with Crippen LogP contribution in [0.15, 0.2) is 72.8 Å². The number of ether oxygens (including phenoxy) is 2. The Morgan fingerprint density at radius 1 is 0.409 bits per heavy atom. The highest BCUT2D eigenvalue weighted by Crippen LogP contribution is 2.17. The zero-order chi connectivity index (χ0) is 30.9. The van der Waals surface area contributed by atoms with Gasteiger partial charge in [0.1, 0.15) is 11.5 Å². The molecule has 0 radical (unpaired) electrons. The number of benzene rings is 3. The summed E-state index contributed by atoms with van der Waals surface area (Å²) in [5.74, 6) is 1.93. The molecule has 0 aliphatic rings. The molecule has 3 rings (SSSR count). The van der Waals surface area contributed by atoms with Gasteiger partial charge in [-0.15, -0.1) is 0 Å². The largest absolute Gasteiger partial charge is 0.496 e. The van der Waals surface area contributed by atoms with Crippen molar-refractivity contribution in [2.24, 2.45) is 0 Å². The average molecular weight is 603 g/mol. The highest BCUT2D eigenvalue weighted by atomic mass is 16.5. The predicted octanol–water partition coefficient (Wildman–Crippen LogP) is 6.67. The Kier molecular flexibility index (Phi) is 19.0. The minimum Gasteiger partial charge on any atom is -0.496 e. The lowest BCUT2D eigenvalue weighted by atomic mass is 10.1. The van der Waals surface area contributed by atoms with E-state index in [1.54, 1.807) is 14.2 Å². The summed E-state index contributed by atoms with van der Waals surface area (Å²) in [5, 5.41) is 14.3. The number of methoxy groups -OCH3 is 2. The minimum atomic E-state index is 0.871. The van der Waals surface area contributed by atoms with Crippen LogP contribution in [0.2, 0.25) is 0 Å². The number of hydrogen-bond acceptors (Lipinski definition) is 6. The zero-order valence-electron chi connectivity index (χ0n) is 27.5. The molecule has 0 bridgehead atoms. The Balaban J connectivity index is 1.07. The first-order chi connectivity index (χ1) is 21.8. The fourth-order valence-electron chi connectivity index (χ4n) is 5.44. The number of para-hydroxylation sites is 2. The van der Waals surface area contributed by atoms with Crippen molar-refractivity contribution in [3.8, 4) is 11.5 Å². The second-order valence-electron chi connectivity index (χ2n) is 11.6. The van der Waals surface area contributed by atoms with Crippen molar-refractivity contribution >= 4 is 0 Å². The lowest BCUT2D eigenvalue weighted by Gasteiger charge is -2.09. The predicted molar refractivity (Wildman–Crippen MR) is 186 cm³/mol. The van der Waals surface area contributed by atoms with E-state index < -0.39 is 0 Å². The van der Waals surface area contributed by atoms with Gasteiger partial charge in [0.2, 0.25) is 0 Å². The van der Waals surface area contributed by atoms with Crippen molar-refractivity contribution in [3.05, 3.63) is 95.1 Å². The van der Waals surface area contributed by atoms with Crippen LogP contribution in [0.1, 0.15) is 73.6 Å². The van der Waals surface area contributed by atoms with E-state index in [0.717, 1.165) is 76.7 Å². The van der Waals surface area contributed by atoms with E-state index in [1.165, 1.54) is 73.6 Å². The minimum absolute atomic E-state index is 0.871. The van der Waals surface area contributed by atoms with Crippen LogP contribution in [-0.4, -0.2) is 53.5 Å². The second kappa shape index (κ2) is 23.5. The normalized spacial score (nSPS) is 11.1. The lowest BCUT2D eigenvalue weighted by molar-refractivity contribution is 0.407. The molecule has 0 aliphatic heterocycles. The Bertz CT molecular complexity index is 1030. The first-order valence-corrected chi connectivity index (χ1v) is 16.9. The van der Waals surface area contributed by atoms with Crippen LogP contribution in [0, 0.1) is 0 Å². The molecular weight excluding hydrogens is 544 g/mol. The highest BCUT2D eigenvalue weighted by molar-refractivity contribution is 5.33. The van der Waals surface area contributed by atoms with Gasteiger partial charge < -0.3 is 30.7 Å². The van der Waals surface area contributed by atoms with Gasteiger partial charge in [-0.05, 0) is 101 Å². The van der Waals surface area contributed by atoms with Crippen molar-refractivity contribution in [3.63, 3.8) is 0 Å². The third kappa shape index (κ3) is 15.2. The van der Waals surface area contributed by atoms with Gasteiger partial charge >= 0.3 is 0 Å². The van der Waals surface area contributed by atoms with Gasteiger partial charge in [0.15, 0.2) is 0 Å². The number of unbranched alkanes of at least 4 members (excludes halogenated alkanes) is 6. The van der Waals surface area contributed by atoms with E-state index in [9.17, 15) is 0 Å². The molecule has 3 aromatic rings. The first kappa shape index (κ1) is 35.6. The molecule has 0 aliphatic carbocycles. The summed E-state index contributed by atoms with van der Waals surface area (Å²) in [7, 11) is 3.47. The van der Waals surface area contributed by atoms with Crippen molar-refractivity contribution in [2.75, 3.05) is 53.5 Å². The standard InChI is InChI=1S/C38H58N4O2/c1-43-37-17-9-7-15-35(37)31-41-27-13-5-3-11-25-39-29-23-33-19-21-34(22-20-33)24-30-40-26-12-4-6-14-28-42-32-36-16-8-10-18-38(36)44-2/h7-10,15-22,39-42H,3-6,11-14,23-32H2,1-2H3. The molecule has 6 nitrogen and oxygen atoms in total. The molecule has 0 saturated heterocycles. The molecule has 242 valence electrons. The molecule has 0 heterocycles. The van der Waals surface area contributed by atoms with E-state index in [1.807, 2.05) is 24.3 Å². The van der Waals surface area contributed by atoms with Gasteiger partial charge in [0.25, 0.3) is 0 Å². The fourth-order valence-corrected chi connectivity index (χ4v) is 5.44. The molecule has 6 heteroatoms. The maximum atomic E-state index is 5.42. The Morgan fingerprint density at radius 2 is 0.773 bits per heavy atom. The molecule has 0 atom stereocenters. The van der Waals surface area contributed by atoms with Gasteiger partial charge in [-0.3, -0.25) is 0 Å². The van der Waals surface area contributed by atoms with Crippen molar-refractivity contribution in [1.82, 2.24) is 21.3 Å². The second-order valence-corrected chi connectivity index (χ2v) is 11.6. The van der Waals surface area contributed by atoms with Crippen molar-refractivity contribution < 1.29 is 9.47 Å². The van der Waals surface area contributed by atoms with Gasteiger partial charge in [0, 0.05) is 24.2 Å². The molecule has 0 unspecified atom stereocenters. The lowest BCUT2D eigenvalue weighted by Crippen LogP contribution is -2.19. The Hall–Kier alpha value is -2.90. The van der Waals surface area contributed by atoms with Gasteiger partial charge in [-0.2, -0.15) is 0 Å². The molecule has 0 fully saturated rings. The molecule has 0 amide bonds. The fraction of sp³-hybridized carbons (Fsp3) is 0.526. The van der Waals surface area contributed by atoms with Crippen LogP contribution in [-0.2, 0) is 25.9 Å². The highest BCUT2D eigenvalue weighted by Gasteiger charge is 2.02. The summed E-state index contributed by atoms with van der Waals surface area (Å²) in [6.45, 7) is 8.19. The summed E-state index contributed by atoms with van der Waals surface area (Å²) in [5.41, 5.74) is 5.30. The maximum Gasteiger partial charge on any atom is 0.123 e. The van der Waals surface area contributed by atoms with Crippen molar-refractivity contribution in [1.29, 1.82) is 0 Å². The third-order valence-electron chi connectivity index (χ3n) is 8.13. The Morgan fingerprint density at radius 3 is 1.16 bits per heavy atom. The van der Waals surface area contributed by atoms with Crippen LogP contribution in [0.3, 0.4) is 0 Å². The van der Waals surface area contributed by atoms with E-state index in [-0.39, 0.29) is 0 Å². The van der Waals surface area contributed by atoms with Crippen molar-refractivity contribution in [2.45, 2.75) is 77.3 Å². The van der Waals surface area contributed by atoms with E-state index in [2.05, 4.69) is 69.8 Å². The average Bonchev–Trinajstić information content (AvgIpc) is 3.07. The zero-order valence-corrected chi connectivity index (χ0v) is 27.5. The summed E-state index contributed by atoms with van der Waals surface area (Å²) >= 11 is 0. The molecule has 4 N–H and O–H groups in total. The first-order valence-electron chi connectivity index (χ1n) is 16.9. The molecular formula is C38H58N4O2. The molecule has 44 heavy (non-hydrogen) atoms. The summed E-state index contributed by atoms with van der Waals surface area (Å²) in [6, 6.07) is 25.7. The summed E-state index contributed by atoms with van der Waals surface area (Å²) in [4.78, 5) is 0. The van der Waals surface area contributed by atoms with Crippen LogP contribution < -0.4 is 30.7 Å². The summed E-state index contributed by atoms with van der Waals surface area (Å²) < 4.78 is 10.8. The molecule has 0 spiro atoms. The van der Waals surface area contributed by atoms with E-state index in [0.29, 0.717) is 0 Å². The molecule has 0 saturated carbocycles. The van der Waals surface area contributed by atoms with Gasteiger partial charge in [0.05, 0.1) is 14.2 Å². The van der Waals surface area contributed by atoms with Gasteiger partial charge in [-0.25, -0.2) is 0 Å². The number of nitrogens with one attached hydrogen (secondary N) is 4. The maximum absolute atomic E-state index is 5.42. The molecule has 0 aromatic heterocycles. The quantitative estimate of drug-likeness (QED) is 0.0770. The monoisotopic (exact) mass is 602 g/mol. The smallest absolute Gasteiger partial charge is 0.123 e. The van der Waals surface area contributed by atoms with E-state index >= 15 is 0 Å². The summed E-state index contributed by atoms with van der Waals surface area (Å²) in [6.07, 6.45) is 12.3. The SMILES string of the molecule is COc1ccccc1CNCCCCCCNCCc1ccc(CCNCCCCCCNCc2ccccc2OC)cc1. The van der Waals surface area contributed by atoms with Crippen LogP contribution >= 0.6 is 0 Å². The number of hydrogen-bond donors (Lipinski definition) is 4. The van der Waals surface area contributed by atoms with E-state index in [4.69, 9.17) is 9.47 Å². The molecule has 3 aromatic carbocycles. The number of rotatable bonds is 26. The van der Waals surface area contributed by atoms with Crippen LogP contribution in [0.5, 0.6) is 11.5 Å².